The van der Waals surface area contributed by atoms with Crippen molar-refractivity contribution in [1.29, 1.82) is 0 Å². The summed E-state index contributed by atoms with van der Waals surface area (Å²) in [6, 6.07) is 17.3. The number of hydrogen-bond acceptors (Lipinski definition) is 5. The Morgan fingerprint density at radius 2 is 1.81 bits per heavy atom. The van der Waals surface area contributed by atoms with Gasteiger partial charge in [-0.2, -0.15) is 0 Å². The highest BCUT2D eigenvalue weighted by atomic mass is 79.9. The minimum Gasteiger partial charge on any atom is -0.507 e. The summed E-state index contributed by atoms with van der Waals surface area (Å²) in [5, 5.41) is 17.0. The van der Waals surface area contributed by atoms with Crippen LogP contribution in [0.3, 0.4) is 0 Å². The van der Waals surface area contributed by atoms with Crippen LogP contribution in [0.15, 0.2) is 74.9 Å². The van der Waals surface area contributed by atoms with E-state index in [-0.39, 0.29) is 23.0 Å². The molecule has 0 radical (unpaired) electrons. The van der Waals surface area contributed by atoms with E-state index < -0.39 is 0 Å². The molecule has 0 fully saturated rings. The van der Waals surface area contributed by atoms with E-state index in [9.17, 15) is 14.7 Å². The van der Waals surface area contributed by atoms with E-state index >= 15 is 0 Å². The SMILES string of the molecule is CC(=O)Nc1ccc(O)c(C(=O)C2=C(c3ccc(Cl)cc3)Nc3ccc(Br)cc3S2)c1. The van der Waals surface area contributed by atoms with Crippen LogP contribution in [-0.2, 0) is 4.79 Å². The number of carbonyl (C=O) groups is 2. The number of Topliss-reactive ketones (excluding diaryl/α,β-unsaturated/α-hetero) is 1. The second-order valence-electron chi connectivity index (χ2n) is 6.82. The average Bonchev–Trinajstić information content (AvgIpc) is 2.74. The van der Waals surface area contributed by atoms with E-state index in [4.69, 9.17) is 11.6 Å². The number of phenols is 1. The third-order valence-electron chi connectivity index (χ3n) is 4.54. The predicted molar refractivity (Wildman–Crippen MR) is 129 cm³/mol. The second kappa shape index (κ2) is 8.78. The molecule has 0 saturated heterocycles. The third kappa shape index (κ3) is 4.63. The number of thioether (sulfide) groups is 1. The lowest BCUT2D eigenvalue weighted by molar-refractivity contribution is -0.114. The van der Waals surface area contributed by atoms with Crippen molar-refractivity contribution in [1.82, 2.24) is 0 Å². The van der Waals surface area contributed by atoms with Crippen molar-refractivity contribution < 1.29 is 14.7 Å². The molecular formula is C23H16BrClN2O3S. The topological polar surface area (TPSA) is 78.4 Å². The zero-order valence-corrected chi connectivity index (χ0v) is 19.4. The van der Waals surface area contributed by atoms with Gasteiger partial charge in [0.25, 0.3) is 0 Å². The molecule has 5 nitrogen and oxygen atoms in total. The molecule has 0 spiro atoms. The van der Waals surface area contributed by atoms with Crippen LogP contribution in [0.2, 0.25) is 5.02 Å². The van der Waals surface area contributed by atoms with Crippen molar-refractivity contribution in [3.05, 3.63) is 86.2 Å². The third-order valence-corrected chi connectivity index (χ3v) is 6.44. The summed E-state index contributed by atoms with van der Waals surface area (Å²) in [5.74, 6) is -0.793. The van der Waals surface area contributed by atoms with Crippen molar-refractivity contribution in [3.8, 4) is 5.75 Å². The molecule has 1 amide bonds. The molecule has 0 unspecified atom stereocenters. The number of allylic oxidation sites excluding steroid dienone is 1. The van der Waals surface area contributed by atoms with Gasteiger partial charge in [-0.3, -0.25) is 9.59 Å². The maximum absolute atomic E-state index is 13.6. The van der Waals surface area contributed by atoms with Crippen LogP contribution < -0.4 is 10.6 Å². The van der Waals surface area contributed by atoms with Crippen molar-refractivity contribution in [3.63, 3.8) is 0 Å². The number of halogens is 2. The molecule has 0 aromatic heterocycles. The molecule has 1 aliphatic rings. The molecule has 3 aromatic rings. The molecule has 1 heterocycles. The highest BCUT2D eigenvalue weighted by molar-refractivity contribution is 9.10. The number of hydrogen-bond donors (Lipinski definition) is 3. The normalized spacial score (nSPS) is 12.7. The van der Waals surface area contributed by atoms with Crippen LogP contribution in [-0.4, -0.2) is 16.8 Å². The summed E-state index contributed by atoms with van der Waals surface area (Å²) in [5.41, 5.74) is 2.79. The molecule has 8 heteroatoms. The number of fused-ring (bicyclic) bond motifs is 1. The molecule has 3 aromatic carbocycles. The van der Waals surface area contributed by atoms with Crippen molar-refractivity contribution >= 4 is 68.1 Å². The highest BCUT2D eigenvalue weighted by Crippen LogP contribution is 2.45. The lowest BCUT2D eigenvalue weighted by Gasteiger charge is -2.24. The highest BCUT2D eigenvalue weighted by Gasteiger charge is 2.27. The molecule has 0 saturated carbocycles. The molecule has 0 bridgehead atoms. The van der Waals surface area contributed by atoms with Gasteiger partial charge in [-0.1, -0.05) is 51.4 Å². The fourth-order valence-electron chi connectivity index (χ4n) is 3.14. The van der Waals surface area contributed by atoms with Gasteiger partial charge in [0, 0.05) is 27.0 Å². The zero-order chi connectivity index (χ0) is 22.1. The number of phenolic OH excluding ortho intramolecular Hbond substituents is 1. The maximum Gasteiger partial charge on any atom is 0.221 e. The molecule has 3 N–H and O–H groups in total. The Morgan fingerprint density at radius 3 is 2.52 bits per heavy atom. The summed E-state index contributed by atoms with van der Waals surface area (Å²) < 4.78 is 0.887. The smallest absolute Gasteiger partial charge is 0.221 e. The van der Waals surface area contributed by atoms with Gasteiger partial charge in [0.15, 0.2) is 0 Å². The monoisotopic (exact) mass is 514 g/mol. The zero-order valence-electron chi connectivity index (χ0n) is 16.2. The molecule has 0 aliphatic carbocycles. The summed E-state index contributed by atoms with van der Waals surface area (Å²) in [4.78, 5) is 26.3. The maximum atomic E-state index is 13.6. The molecular weight excluding hydrogens is 500 g/mol. The van der Waals surface area contributed by atoms with E-state index in [0.29, 0.717) is 21.3 Å². The largest absolute Gasteiger partial charge is 0.507 e. The number of benzene rings is 3. The van der Waals surface area contributed by atoms with Crippen molar-refractivity contribution in [2.24, 2.45) is 0 Å². The first-order valence-corrected chi connectivity index (χ1v) is 11.2. The summed E-state index contributed by atoms with van der Waals surface area (Å²) in [6.45, 7) is 1.38. The number of anilines is 2. The van der Waals surface area contributed by atoms with Gasteiger partial charge in [-0.15, -0.1) is 0 Å². The average molecular weight is 516 g/mol. The lowest BCUT2D eigenvalue weighted by Crippen LogP contribution is -2.14. The van der Waals surface area contributed by atoms with Gasteiger partial charge in [-0.25, -0.2) is 0 Å². The molecule has 31 heavy (non-hydrogen) atoms. The number of carbonyl (C=O) groups excluding carboxylic acids is 2. The molecule has 156 valence electrons. The van der Waals surface area contributed by atoms with Crippen molar-refractivity contribution in [2.45, 2.75) is 11.8 Å². The Morgan fingerprint density at radius 1 is 1.06 bits per heavy atom. The van der Waals surface area contributed by atoms with Crippen LogP contribution in [0, 0.1) is 0 Å². The summed E-state index contributed by atoms with van der Waals surface area (Å²) in [6.07, 6.45) is 0. The standard InChI is InChI=1S/C23H16BrClN2O3S/c1-12(28)26-16-7-9-19(29)17(11-16)22(30)23-21(13-2-5-15(25)6-3-13)27-18-8-4-14(24)10-20(18)31-23/h2-11,27,29H,1H3,(H,26,28). The van der Waals surface area contributed by atoms with Crippen LogP contribution >= 0.6 is 39.3 Å². The first kappa shape index (κ1) is 21.5. The Labute approximate surface area is 196 Å². The Hall–Kier alpha value is -2.74. The quantitative estimate of drug-likeness (QED) is 0.272. The van der Waals surface area contributed by atoms with E-state index in [1.807, 2.05) is 30.3 Å². The predicted octanol–water partition coefficient (Wildman–Crippen LogP) is 6.54. The minimum atomic E-state index is -0.363. The first-order chi connectivity index (χ1) is 14.8. The van der Waals surface area contributed by atoms with E-state index in [2.05, 4.69) is 26.6 Å². The van der Waals surface area contributed by atoms with Crippen LogP contribution in [0.5, 0.6) is 5.75 Å². The second-order valence-corrected chi connectivity index (χ2v) is 9.23. The van der Waals surface area contributed by atoms with E-state index in [1.54, 1.807) is 18.2 Å². The number of ketones is 1. The Bertz CT molecular complexity index is 1240. The van der Waals surface area contributed by atoms with Gasteiger partial charge in [0.2, 0.25) is 11.7 Å². The Balaban J connectivity index is 1.84. The lowest BCUT2D eigenvalue weighted by atomic mass is 10.0. The first-order valence-electron chi connectivity index (χ1n) is 9.22. The fourth-order valence-corrected chi connectivity index (χ4v) is 4.88. The van der Waals surface area contributed by atoms with Crippen molar-refractivity contribution in [2.75, 3.05) is 10.6 Å². The number of aromatic hydroxyl groups is 1. The van der Waals surface area contributed by atoms with E-state index in [1.165, 1.54) is 30.8 Å². The van der Waals surface area contributed by atoms with Gasteiger partial charge in [0.1, 0.15) is 5.75 Å². The van der Waals surface area contributed by atoms with Gasteiger partial charge < -0.3 is 15.7 Å². The van der Waals surface area contributed by atoms with Crippen LogP contribution in [0.1, 0.15) is 22.8 Å². The van der Waals surface area contributed by atoms with Gasteiger partial charge in [0.05, 0.1) is 21.9 Å². The summed E-state index contributed by atoms with van der Waals surface area (Å²) in [7, 11) is 0. The van der Waals surface area contributed by atoms with Gasteiger partial charge >= 0.3 is 0 Å². The number of rotatable bonds is 4. The van der Waals surface area contributed by atoms with Crippen LogP contribution in [0.4, 0.5) is 11.4 Å². The number of amides is 1. The fraction of sp³-hybridized carbons (Fsp3) is 0.0435. The molecule has 0 atom stereocenters. The minimum absolute atomic E-state index is 0.0976. The molecule has 4 rings (SSSR count). The molecule has 1 aliphatic heterocycles. The number of nitrogens with one attached hydrogen (secondary N) is 2. The van der Waals surface area contributed by atoms with Gasteiger partial charge in [-0.05, 0) is 54.1 Å². The van der Waals surface area contributed by atoms with Crippen LogP contribution in [0.25, 0.3) is 5.70 Å². The van der Waals surface area contributed by atoms with E-state index in [0.717, 1.165) is 20.6 Å². The Kier molecular flexibility index (Phi) is 6.09. The summed E-state index contributed by atoms with van der Waals surface area (Å²) >= 11 is 10.8.